The first-order valence-corrected chi connectivity index (χ1v) is 8.49. The maximum atomic E-state index is 12.6. The lowest BCUT2D eigenvalue weighted by Gasteiger charge is -2.33. The van der Waals surface area contributed by atoms with Gasteiger partial charge < -0.3 is 4.90 Å². The molecule has 3 atom stereocenters. The SMILES string of the molecule is CCSC1CCCC1N1C(=O)C2(CC2)NC1CC. The van der Waals surface area contributed by atoms with E-state index >= 15 is 0 Å². The first kappa shape index (κ1) is 12.8. The molecular weight excluding hydrogens is 244 g/mol. The summed E-state index contributed by atoms with van der Waals surface area (Å²) in [5.41, 5.74) is -0.134. The van der Waals surface area contributed by atoms with Gasteiger partial charge in [0.1, 0.15) is 0 Å². The van der Waals surface area contributed by atoms with Gasteiger partial charge in [-0.15, -0.1) is 0 Å². The molecule has 1 amide bonds. The van der Waals surface area contributed by atoms with Crippen LogP contribution in [0.4, 0.5) is 0 Å². The molecule has 3 fully saturated rings. The summed E-state index contributed by atoms with van der Waals surface area (Å²) in [6, 6.07) is 0.486. The summed E-state index contributed by atoms with van der Waals surface area (Å²) in [6.07, 6.45) is 7.22. The standard InChI is InChI=1S/C14H24N2OS/c1-3-12-15-14(8-9-14)13(17)16(12)10-6-5-7-11(10)18-4-2/h10-12,15H,3-9H2,1-2H3. The Labute approximate surface area is 114 Å². The van der Waals surface area contributed by atoms with Crippen molar-refractivity contribution in [3.8, 4) is 0 Å². The Morgan fingerprint density at radius 1 is 1.39 bits per heavy atom. The van der Waals surface area contributed by atoms with Crippen LogP contribution < -0.4 is 5.32 Å². The number of hydrogen-bond acceptors (Lipinski definition) is 3. The Hall–Kier alpha value is -0.220. The summed E-state index contributed by atoms with van der Waals surface area (Å²) in [5, 5.41) is 4.27. The van der Waals surface area contributed by atoms with Crippen molar-refractivity contribution in [3.63, 3.8) is 0 Å². The molecular formula is C14H24N2OS. The second kappa shape index (κ2) is 4.71. The molecule has 0 aromatic rings. The first-order valence-electron chi connectivity index (χ1n) is 7.44. The number of nitrogens with one attached hydrogen (secondary N) is 1. The van der Waals surface area contributed by atoms with E-state index in [1.54, 1.807) is 0 Å². The van der Waals surface area contributed by atoms with E-state index in [1.165, 1.54) is 25.0 Å². The third-order valence-corrected chi connectivity index (χ3v) is 6.03. The van der Waals surface area contributed by atoms with E-state index in [4.69, 9.17) is 0 Å². The number of amides is 1. The van der Waals surface area contributed by atoms with E-state index in [2.05, 4.69) is 24.1 Å². The minimum Gasteiger partial charge on any atom is -0.321 e. The van der Waals surface area contributed by atoms with Crippen molar-refractivity contribution < 1.29 is 4.79 Å². The maximum absolute atomic E-state index is 12.6. The fourth-order valence-corrected chi connectivity index (χ4v) is 4.89. The van der Waals surface area contributed by atoms with E-state index in [0.717, 1.165) is 19.3 Å². The number of thioether (sulfide) groups is 1. The van der Waals surface area contributed by atoms with E-state index in [9.17, 15) is 4.79 Å². The molecule has 1 heterocycles. The van der Waals surface area contributed by atoms with E-state index in [0.29, 0.717) is 23.4 Å². The molecule has 2 aliphatic carbocycles. The molecule has 0 aromatic heterocycles. The molecule has 3 aliphatic rings. The molecule has 1 N–H and O–H groups in total. The summed E-state index contributed by atoms with van der Waals surface area (Å²) >= 11 is 2.05. The number of hydrogen-bond donors (Lipinski definition) is 1. The normalized spacial score (nSPS) is 37.8. The first-order chi connectivity index (χ1) is 8.72. The van der Waals surface area contributed by atoms with Crippen LogP contribution in [0.25, 0.3) is 0 Å². The molecule has 102 valence electrons. The molecule has 2 saturated carbocycles. The number of rotatable bonds is 4. The Morgan fingerprint density at radius 2 is 2.17 bits per heavy atom. The smallest absolute Gasteiger partial charge is 0.244 e. The van der Waals surface area contributed by atoms with E-state index in [-0.39, 0.29) is 5.54 Å². The third kappa shape index (κ3) is 1.88. The summed E-state index contributed by atoms with van der Waals surface area (Å²) in [4.78, 5) is 14.9. The average Bonchev–Trinajstić information content (AvgIpc) is 2.93. The summed E-state index contributed by atoms with van der Waals surface area (Å²) < 4.78 is 0. The second-order valence-electron chi connectivity index (χ2n) is 5.85. The van der Waals surface area contributed by atoms with Crippen molar-refractivity contribution in [1.82, 2.24) is 10.2 Å². The maximum Gasteiger partial charge on any atom is 0.244 e. The third-order valence-electron chi connectivity index (χ3n) is 4.72. The number of nitrogens with zero attached hydrogens (tertiary/aromatic N) is 1. The van der Waals surface area contributed by atoms with Gasteiger partial charge >= 0.3 is 0 Å². The van der Waals surface area contributed by atoms with E-state index in [1.807, 2.05) is 11.8 Å². The van der Waals surface area contributed by atoms with Gasteiger partial charge in [-0.25, -0.2) is 0 Å². The van der Waals surface area contributed by atoms with Gasteiger partial charge in [0, 0.05) is 11.3 Å². The van der Waals surface area contributed by atoms with Crippen molar-refractivity contribution in [3.05, 3.63) is 0 Å². The Kier molecular flexibility index (Phi) is 3.35. The van der Waals surface area contributed by atoms with Gasteiger partial charge in [0.25, 0.3) is 0 Å². The number of carbonyl (C=O) groups excluding carboxylic acids is 1. The lowest BCUT2D eigenvalue weighted by Crippen LogP contribution is -2.47. The topological polar surface area (TPSA) is 32.3 Å². The monoisotopic (exact) mass is 268 g/mol. The zero-order chi connectivity index (χ0) is 12.8. The highest BCUT2D eigenvalue weighted by molar-refractivity contribution is 7.99. The molecule has 3 nitrogen and oxygen atoms in total. The van der Waals surface area contributed by atoms with Crippen LogP contribution in [0.1, 0.15) is 52.4 Å². The van der Waals surface area contributed by atoms with Crippen LogP contribution in [-0.4, -0.2) is 39.6 Å². The second-order valence-corrected chi connectivity index (χ2v) is 7.37. The van der Waals surface area contributed by atoms with Gasteiger partial charge in [0.05, 0.1) is 11.7 Å². The molecule has 1 aliphatic heterocycles. The van der Waals surface area contributed by atoms with Gasteiger partial charge in [0.2, 0.25) is 5.91 Å². The van der Waals surface area contributed by atoms with E-state index < -0.39 is 0 Å². The highest BCUT2D eigenvalue weighted by Gasteiger charge is 2.60. The molecule has 4 heteroatoms. The lowest BCUT2D eigenvalue weighted by atomic mass is 10.1. The predicted molar refractivity (Wildman–Crippen MR) is 75.6 cm³/mol. The molecule has 1 saturated heterocycles. The Bertz CT molecular complexity index is 343. The largest absolute Gasteiger partial charge is 0.321 e. The predicted octanol–water partition coefficient (Wildman–Crippen LogP) is 2.36. The van der Waals surface area contributed by atoms with Crippen molar-refractivity contribution in [2.75, 3.05) is 5.75 Å². The fraction of sp³-hybridized carbons (Fsp3) is 0.929. The molecule has 0 bridgehead atoms. The summed E-state index contributed by atoms with van der Waals surface area (Å²) in [5.74, 6) is 1.57. The van der Waals surface area contributed by atoms with Gasteiger partial charge in [0.15, 0.2) is 0 Å². The quantitative estimate of drug-likeness (QED) is 0.849. The van der Waals surface area contributed by atoms with Crippen molar-refractivity contribution in [2.45, 2.75) is 75.4 Å². The van der Waals surface area contributed by atoms with Gasteiger partial charge in [-0.05, 0) is 37.9 Å². The molecule has 0 aromatic carbocycles. The highest BCUT2D eigenvalue weighted by Crippen LogP contribution is 2.46. The minimum atomic E-state index is -0.134. The van der Waals surface area contributed by atoms with Gasteiger partial charge in [-0.1, -0.05) is 20.3 Å². The molecule has 3 unspecified atom stereocenters. The van der Waals surface area contributed by atoms with Crippen LogP contribution in [0, 0.1) is 0 Å². The van der Waals surface area contributed by atoms with Crippen LogP contribution in [0.15, 0.2) is 0 Å². The zero-order valence-corrected chi connectivity index (χ0v) is 12.3. The average molecular weight is 268 g/mol. The minimum absolute atomic E-state index is 0.134. The van der Waals surface area contributed by atoms with Crippen LogP contribution in [-0.2, 0) is 4.79 Å². The van der Waals surface area contributed by atoms with Crippen LogP contribution in [0.3, 0.4) is 0 Å². The van der Waals surface area contributed by atoms with Crippen LogP contribution in [0.5, 0.6) is 0 Å². The fourth-order valence-electron chi connectivity index (χ4n) is 3.64. The van der Waals surface area contributed by atoms with Crippen LogP contribution >= 0.6 is 11.8 Å². The highest BCUT2D eigenvalue weighted by atomic mass is 32.2. The molecule has 0 radical (unpaired) electrons. The van der Waals surface area contributed by atoms with Gasteiger partial charge in [-0.2, -0.15) is 11.8 Å². The lowest BCUT2D eigenvalue weighted by molar-refractivity contribution is -0.132. The Morgan fingerprint density at radius 3 is 2.78 bits per heavy atom. The van der Waals surface area contributed by atoms with Crippen molar-refractivity contribution >= 4 is 17.7 Å². The molecule has 3 rings (SSSR count). The zero-order valence-electron chi connectivity index (χ0n) is 11.4. The van der Waals surface area contributed by atoms with Gasteiger partial charge in [-0.3, -0.25) is 10.1 Å². The molecule has 18 heavy (non-hydrogen) atoms. The summed E-state index contributed by atoms with van der Waals surface area (Å²) in [6.45, 7) is 4.42. The summed E-state index contributed by atoms with van der Waals surface area (Å²) in [7, 11) is 0. The van der Waals surface area contributed by atoms with Crippen molar-refractivity contribution in [2.24, 2.45) is 0 Å². The van der Waals surface area contributed by atoms with Crippen LogP contribution in [0.2, 0.25) is 0 Å². The number of carbonyl (C=O) groups is 1. The van der Waals surface area contributed by atoms with Crippen molar-refractivity contribution in [1.29, 1.82) is 0 Å². The molecule has 1 spiro atoms. The Balaban J connectivity index is 1.79.